The Morgan fingerprint density at radius 1 is 1.42 bits per heavy atom. The van der Waals surface area contributed by atoms with Crippen LogP contribution in [0.3, 0.4) is 0 Å². The van der Waals surface area contributed by atoms with Gasteiger partial charge in [-0.1, -0.05) is 37.8 Å². The fourth-order valence-electron chi connectivity index (χ4n) is 2.53. The minimum atomic E-state index is -0.369. The summed E-state index contributed by atoms with van der Waals surface area (Å²) in [6.45, 7) is 2.72. The minimum absolute atomic E-state index is 0.0949. The van der Waals surface area contributed by atoms with Gasteiger partial charge in [0.25, 0.3) is 0 Å². The van der Waals surface area contributed by atoms with Crippen LogP contribution in [-0.2, 0) is 0 Å². The van der Waals surface area contributed by atoms with Gasteiger partial charge in [-0.3, -0.25) is 0 Å². The van der Waals surface area contributed by atoms with Crippen molar-refractivity contribution in [2.45, 2.75) is 57.9 Å². The first-order valence-electron chi connectivity index (χ1n) is 7.20. The molecule has 110 valence electrons. The molecule has 0 spiro atoms. The first-order chi connectivity index (χ1) is 9.19. The van der Waals surface area contributed by atoms with Gasteiger partial charge in [0.1, 0.15) is 0 Å². The van der Waals surface area contributed by atoms with Crippen molar-refractivity contribution in [3.8, 4) is 0 Å². The SMILES string of the molecule is CCCCNC(=O)NC(/C(N)=N/O)C1CCCCC1. The first-order valence-corrected chi connectivity index (χ1v) is 7.20. The number of hydrogen-bond donors (Lipinski definition) is 4. The summed E-state index contributed by atoms with van der Waals surface area (Å²) in [7, 11) is 0. The Bertz CT molecular complexity index is 301. The van der Waals surface area contributed by atoms with E-state index in [9.17, 15) is 4.79 Å². The van der Waals surface area contributed by atoms with Gasteiger partial charge in [-0.15, -0.1) is 0 Å². The monoisotopic (exact) mass is 270 g/mol. The van der Waals surface area contributed by atoms with Gasteiger partial charge in [-0.25, -0.2) is 4.79 Å². The molecule has 1 atom stereocenters. The molecule has 0 saturated heterocycles. The number of carbonyl (C=O) groups excluding carboxylic acids is 1. The zero-order valence-electron chi connectivity index (χ0n) is 11.7. The summed E-state index contributed by atoms with van der Waals surface area (Å²) in [5.41, 5.74) is 5.71. The Morgan fingerprint density at radius 2 is 2.11 bits per heavy atom. The Kier molecular flexibility index (Phi) is 7.07. The molecule has 1 saturated carbocycles. The molecule has 0 aromatic heterocycles. The lowest BCUT2D eigenvalue weighted by molar-refractivity contribution is 0.230. The van der Waals surface area contributed by atoms with Crippen LogP contribution in [0.15, 0.2) is 5.16 Å². The largest absolute Gasteiger partial charge is 0.409 e. The van der Waals surface area contributed by atoms with E-state index in [1.165, 1.54) is 6.42 Å². The molecule has 1 fully saturated rings. The summed E-state index contributed by atoms with van der Waals surface area (Å²) >= 11 is 0. The second-order valence-corrected chi connectivity index (χ2v) is 5.15. The summed E-state index contributed by atoms with van der Waals surface area (Å²) in [5.74, 6) is 0.360. The van der Waals surface area contributed by atoms with E-state index in [2.05, 4.69) is 22.7 Å². The molecule has 0 aromatic rings. The van der Waals surface area contributed by atoms with Crippen LogP contribution in [0.25, 0.3) is 0 Å². The van der Waals surface area contributed by atoms with Crippen LogP contribution in [0.4, 0.5) is 4.79 Å². The average Bonchev–Trinajstić information content (AvgIpc) is 2.45. The van der Waals surface area contributed by atoms with Gasteiger partial charge in [0.2, 0.25) is 0 Å². The number of amides is 2. The third kappa shape index (κ3) is 5.36. The predicted octanol–water partition coefficient (Wildman–Crippen LogP) is 1.78. The van der Waals surface area contributed by atoms with Gasteiger partial charge in [0.15, 0.2) is 5.84 Å². The van der Waals surface area contributed by atoms with Crippen molar-refractivity contribution >= 4 is 11.9 Å². The standard InChI is InChI=1S/C13H26N4O2/c1-2-3-9-15-13(18)16-11(12(14)17-19)10-7-5-4-6-8-10/h10-11,19H,2-9H2,1H3,(H2,14,17)(H2,15,16,18). The van der Waals surface area contributed by atoms with Crippen molar-refractivity contribution < 1.29 is 10.0 Å². The summed E-state index contributed by atoms with van der Waals surface area (Å²) in [6, 6.07) is -0.609. The van der Waals surface area contributed by atoms with Crippen LogP contribution in [0, 0.1) is 5.92 Å². The van der Waals surface area contributed by atoms with Crippen LogP contribution < -0.4 is 16.4 Å². The van der Waals surface area contributed by atoms with Crippen LogP contribution >= 0.6 is 0 Å². The molecule has 1 aliphatic rings. The molecule has 0 aromatic carbocycles. The molecule has 0 radical (unpaired) electrons. The van der Waals surface area contributed by atoms with Gasteiger partial charge < -0.3 is 21.6 Å². The van der Waals surface area contributed by atoms with Crippen molar-refractivity contribution in [3.63, 3.8) is 0 Å². The van der Waals surface area contributed by atoms with Crippen molar-refractivity contribution in [1.82, 2.24) is 10.6 Å². The van der Waals surface area contributed by atoms with E-state index in [0.29, 0.717) is 6.54 Å². The number of nitrogens with two attached hydrogens (primary N) is 1. The zero-order chi connectivity index (χ0) is 14.1. The molecule has 1 aliphatic carbocycles. The molecule has 6 nitrogen and oxygen atoms in total. The second-order valence-electron chi connectivity index (χ2n) is 5.15. The van der Waals surface area contributed by atoms with Crippen LogP contribution in [0.1, 0.15) is 51.9 Å². The third-order valence-corrected chi connectivity index (χ3v) is 3.66. The highest BCUT2D eigenvalue weighted by molar-refractivity contribution is 5.89. The highest BCUT2D eigenvalue weighted by atomic mass is 16.4. The summed E-state index contributed by atoms with van der Waals surface area (Å²) in [5, 5.41) is 17.5. The van der Waals surface area contributed by atoms with Gasteiger partial charge >= 0.3 is 6.03 Å². The van der Waals surface area contributed by atoms with Crippen molar-refractivity contribution in [2.75, 3.05) is 6.54 Å². The van der Waals surface area contributed by atoms with Gasteiger partial charge in [-0.2, -0.15) is 0 Å². The number of rotatable bonds is 6. The van der Waals surface area contributed by atoms with Crippen molar-refractivity contribution in [1.29, 1.82) is 0 Å². The number of unbranched alkanes of at least 4 members (excludes halogenated alkanes) is 1. The predicted molar refractivity (Wildman–Crippen MR) is 75.2 cm³/mol. The molecule has 0 heterocycles. The zero-order valence-corrected chi connectivity index (χ0v) is 11.7. The number of hydrogen-bond acceptors (Lipinski definition) is 3. The van der Waals surface area contributed by atoms with E-state index in [1.807, 2.05) is 0 Å². The molecule has 19 heavy (non-hydrogen) atoms. The highest BCUT2D eigenvalue weighted by Gasteiger charge is 2.28. The lowest BCUT2D eigenvalue weighted by Crippen LogP contribution is -2.52. The molecule has 1 unspecified atom stereocenters. The van der Waals surface area contributed by atoms with Crippen LogP contribution in [0.2, 0.25) is 0 Å². The second kappa shape index (κ2) is 8.61. The van der Waals surface area contributed by atoms with E-state index in [0.717, 1.165) is 38.5 Å². The minimum Gasteiger partial charge on any atom is -0.409 e. The molecule has 5 N–H and O–H groups in total. The smallest absolute Gasteiger partial charge is 0.315 e. The maximum Gasteiger partial charge on any atom is 0.315 e. The lowest BCUT2D eigenvalue weighted by atomic mass is 9.83. The van der Waals surface area contributed by atoms with Gasteiger partial charge in [0, 0.05) is 6.54 Å². The topological polar surface area (TPSA) is 99.7 Å². The number of urea groups is 1. The Hall–Kier alpha value is -1.46. The third-order valence-electron chi connectivity index (χ3n) is 3.66. The summed E-state index contributed by atoms with van der Waals surface area (Å²) in [6.07, 6.45) is 7.50. The Morgan fingerprint density at radius 3 is 2.68 bits per heavy atom. The molecule has 0 bridgehead atoms. The molecule has 0 aliphatic heterocycles. The molecular formula is C13H26N4O2. The van der Waals surface area contributed by atoms with E-state index in [-0.39, 0.29) is 23.8 Å². The van der Waals surface area contributed by atoms with Crippen molar-refractivity contribution in [3.05, 3.63) is 0 Å². The Balaban J connectivity index is 2.51. The number of amidine groups is 1. The number of nitrogens with zero attached hydrogens (tertiary/aromatic N) is 1. The molecule has 2 amide bonds. The summed E-state index contributed by atoms with van der Waals surface area (Å²) in [4.78, 5) is 11.8. The van der Waals surface area contributed by atoms with E-state index >= 15 is 0 Å². The van der Waals surface area contributed by atoms with Crippen LogP contribution in [-0.4, -0.2) is 29.7 Å². The van der Waals surface area contributed by atoms with E-state index in [1.54, 1.807) is 0 Å². The lowest BCUT2D eigenvalue weighted by Gasteiger charge is -2.29. The normalized spacial score (nSPS) is 18.9. The molecule has 6 heteroatoms. The van der Waals surface area contributed by atoms with Crippen molar-refractivity contribution in [2.24, 2.45) is 16.8 Å². The van der Waals surface area contributed by atoms with Crippen LogP contribution in [0.5, 0.6) is 0 Å². The molecular weight excluding hydrogens is 244 g/mol. The molecule has 1 rings (SSSR count). The first kappa shape index (κ1) is 15.6. The Labute approximate surface area is 114 Å². The van der Waals surface area contributed by atoms with Gasteiger partial charge in [-0.05, 0) is 25.2 Å². The van der Waals surface area contributed by atoms with Gasteiger partial charge in [0.05, 0.1) is 6.04 Å². The maximum absolute atomic E-state index is 11.8. The fourth-order valence-corrected chi connectivity index (χ4v) is 2.53. The highest BCUT2D eigenvalue weighted by Crippen LogP contribution is 2.26. The quantitative estimate of drug-likeness (QED) is 0.195. The summed E-state index contributed by atoms with van der Waals surface area (Å²) < 4.78 is 0. The average molecular weight is 270 g/mol. The number of nitrogens with one attached hydrogen (secondary N) is 2. The fraction of sp³-hybridized carbons (Fsp3) is 0.846. The van der Waals surface area contributed by atoms with E-state index < -0.39 is 0 Å². The van der Waals surface area contributed by atoms with E-state index in [4.69, 9.17) is 10.9 Å². The number of oxime groups is 1. The number of carbonyl (C=O) groups is 1. The maximum atomic E-state index is 11.8.